The highest BCUT2D eigenvalue weighted by Gasteiger charge is 2.21. The molecule has 2 heterocycles. The molecule has 0 aliphatic carbocycles. The van der Waals surface area contributed by atoms with E-state index in [2.05, 4.69) is 16.4 Å². The Morgan fingerprint density at radius 3 is 1.38 bits per heavy atom. The van der Waals surface area contributed by atoms with Gasteiger partial charge in [0.05, 0.1) is 22.5 Å². The second-order valence-electron chi connectivity index (χ2n) is 8.73. The third-order valence-corrected chi connectivity index (χ3v) is 6.11. The quantitative estimate of drug-likeness (QED) is 0.200. The van der Waals surface area contributed by atoms with E-state index in [1.807, 2.05) is 0 Å². The standard InChI is InChI=1S/C28H25F2N5O4.ClH/c1-17-11-13-23(27(38)19-7-3-5-9-21(19)29)34(17)15-25(36)31-33-32-26(37)16-35-18(2)12-14-24(35)28(39)20-8-4-6-10-22(20)30;/h3-14,33H,15-16H2,1-2H3,(H,31,36)(H,32,37);1H. The first kappa shape index (κ1) is 29.9. The highest BCUT2D eigenvalue weighted by atomic mass is 35.5. The van der Waals surface area contributed by atoms with E-state index in [4.69, 9.17) is 0 Å². The lowest BCUT2D eigenvalue weighted by atomic mass is 10.1. The van der Waals surface area contributed by atoms with Crippen molar-refractivity contribution in [1.82, 2.24) is 25.5 Å². The normalized spacial score (nSPS) is 10.5. The molecule has 0 saturated heterocycles. The van der Waals surface area contributed by atoms with Gasteiger partial charge in [-0.1, -0.05) is 24.3 Å². The smallest absolute Gasteiger partial charge is 0.255 e. The summed E-state index contributed by atoms with van der Waals surface area (Å²) in [6, 6.07) is 17.4. The Labute approximate surface area is 234 Å². The first-order valence-electron chi connectivity index (χ1n) is 11.9. The Bertz CT molecular complexity index is 1460. The number of nitrogens with zero attached hydrogens (tertiary/aromatic N) is 2. The molecule has 0 bridgehead atoms. The molecule has 0 spiro atoms. The lowest BCUT2D eigenvalue weighted by Crippen LogP contribution is -2.51. The molecule has 4 rings (SSSR count). The van der Waals surface area contributed by atoms with Crippen molar-refractivity contribution in [3.63, 3.8) is 0 Å². The minimum atomic E-state index is -0.668. The average molecular weight is 570 g/mol. The van der Waals surface area contributed by atoms with E-state index in [0.29, 0.717) is 11.4 Å². The zero-order chi connectivity index (χ0) is 28.1. The number of halogens is 3. The molecule has 0 radical (unpaired) electrons. The minimum Gasteiger partial charge on any atom is -0.333 e. The van der Waals surface area contributed by atoms with Crippen molar-refractivity contribution in [1.29, 1.82) is 0 Å². The number of ketones is 2. The minimum absolute atomic E-state index is 0. The molecular formula is C28H26ClF2N5O4. The fraction of sp³-hybridized carbons (Fsp3) is 0.143. The van der Waals surface area contributed by atoms with E-state index in [1.165, 1.54) is 57.7 Å². The molecule has 9 nitrogen and oxygen atoms in total. The van der Waals surface area contributed by atoms with Crippen molar-refractivity contribution in [2.24, 2.45) is 0 Å². The number of hydrazine groups is 2. The molecule has 0 aliphatic rings. The largest absolute Gasteiger partial charge is 0.333 e. The third kappa shape index (κ3) is 6.50. The van der Waals surface area contributed by atoms with E-state index in [0.717, 1.165) is 0 Å². The van der Waals surface area contributed by atoms with Gasteiger partial charge in [-0.3, -0.25) is 30.0 Å². The van der Waals surface area contributed by atoms with Crippen LogP contribution in [0.25, 0.3) is 0 Å². The number of rotatable bonds is 10. The van der Waals surface area contributed by atoms with Crippen LogP contribution in [0.1, 0.15) is 43.5 Å². The molecule has 2 aromatic carbocycles. The molecule has 0 fully saturated rings. The van der Waals surface area contributed by atoms with Crippen LogP contribution < -0.4 is 16.4 Å². The molecule has 208 valence electrons. The first-order chi connectivity index (χ1) is 18.7. The fourth-order valence-electron chi connectivity index (χ4n) is 4.06. The van der Waals surface area contributed by atoms with Gasteiger partial charge < -0.3 is 9.13 Å². The Kier molecular flexibility index (Phi) is 9.70. The molecule has 4 aromatic rings. The summed E-state index contributed by atoms with van der Waals surface area (Å²) in [5, 5.41) is 0. The van der Waals surface area contributed by atoms with Gasteiger partial charge in [0, 0.05) is 11.4 Å². The van der Waals surface area contributed by atoms with Crippen LogP contribution in [0.4, 0.5) is 8.78 Å². The SMILES string of the molecule is Cc1ccc(C(=O)c2ccccc2F)n1CC(=O)NNNC(=O)Cn1c(C)ccc1C(=O)c1ccccc1F.Cl. The molecule has 2 amide bonds. The van der Waals surface area contributed by atoms with Crippen LogP contribution in [0.2, 0.25) is 0 Å². The molecule has 40 heavy (non-hydrogen) atoms. The van der Waals surface area contributed by atoms with Gasteiger partial charge in [-0.15, -0.1) is 17.9 Å². The third-order valence-electron chi connectivity index (χ3n) is 6.11. The number of hydrogen-bond acceptors (Lipinski definition) is 5. The van der Waals surface area contributed by atoms with Gasteiger partial charge in [0.2, 0.25) is 11.6 Å². The molecule has 0 unspecified atom stereocenters. The molecule has 0 aliphatic heterocycles. The number of hydrogen-bond donors (Lipinski definition) is 3. The molecule has 3 N–H and O–H groups in total. The number of amides is 2. The number of aromatic nitrogens is 2. The monoisotopic (exact) mass is 569 g/mol. The van der Waals surface area contributed by atoms with Crippen molar-refractivity contribution >= 4 is 35.8 Å². The summed E-state index contributed by atoms with van der Waals surface area (Å²) in [5.74, 6) is -3.66. The van der Waals surface area contributed by atoms with Crippen LogP contribution in [-0.4, -0.2) is 32.5 Å². The van der Waals surface area contributed by atoms with E-state index in [-0.39, 0.29) is 48.0 Å². The molecule has 0 saturated carbocycles. The Morgan fingerprint density at radius 1 is 0.625 bits per heavy atom. The lowest BCUT2D eigenvalue weighted by Gasteiger charge is -2.14. The summed E-state index contributed by atoms with van der Waals surface area (Å²) in [7, 11) is 0. The highest BCUT2D eigenvalue weighted by molar-refractivity contribution is 6.09. The molecule has 12 heteroatoms. The highest BCUT2D eigenvalue weighted by Crippen LogP contribution is 2.18. The average Bonchev–Trinajstić information content (AvgIpc) is 3.45. The number of nitrogens with one attached hydrogen (secondary N) is 3. The Hall–Kier alpha value is -4.61. The predicted octanol–water partition coefficient (Wildman–Crippen LogP) is 3.42. The van der Waals surface area contributed by atoms with Crippen LogP contribution in [0.15, 0.2) is 72.8 Å². The summed E-state index contributed by atoms with van der Waals surface area (Å²) in [6.45, 7) is 2.82. The van der Waals surface area contributed by atoms with Crippen molar-refractivity contribution in [2.75, 3.05) is 0 Å². The van der Waals surface area contributed by atoms with Crippen LogP contribution in [0, 0.1) is 25.5 Å². The van der Waals surface area contributed by atoms with E-state index >= 15 is 0 Å². The Morgan fingerprint density at radius 2 is 1.00 bits per heavy atom. The van der Waals surface area contributed by atoms with Crippen LogP contribution in [0.3, 0.4) is 0 Å². The second-order valence-corrected chi connectivity index (χ2v) is 8.73. The van der Waals surface area contributed by atoms with Crippen LogP contribution in [0.5, 0.6) is 0 Å². The van der Waals surface area contributed by atoms with Gasteiger partial charge in [0.15, 0.2) is 0 Å². The van der Waals surface area contributed by atoms with Crippen molar-refractivity contribution < 1.29 is 28.0 Å². The second kappa shape index (κ2) is 13.0. The Balaban J connectivity index is 0.00000441. The van der Waals surface area contributed by atoms with Gasteiger partial charge in [-0.05, 0) is 62.4 Å². The first-order valence-corrected chi connectivity index (χ1v) is 11.9. The van der Waals surface area contributed by atoms with Crippen LogP contribution in [-0.2, 0) is 22.7 Å². The van der Waals surface area contributed by atoms with E-state index in [1.54, 1.807) is 38.1 Å². The number of carbonyl (C=O) groups excluding carboxylic acids is 4. The zero-order valence-corrected chi connectivity index (χ0v) is 22.4. The lowest BCUT2D eigenvalue weighted by molar-refractivity contribution is -0.125. The summed E-state index contributed by atoms with van der Waals surface area (Å²) >= 11 is 0. The van der Waals surface area contributed by atoms with Crippen molar-refractivity contribution in [3.8, 4) is 0 Å². The fourth-order valence-corrected chi connectivity index (χ4v) is 4.06. The maximum Gasteiger partial charge on any atom is 0.255 e. The van der Waals surface area contributed by atoms with Gasteiger partial charge >= 0.3 is 0 Å². The number of carbonyl (C=O) groups is 4. The van der Waals surface area contributed by atoms with Crippen molar-refractivity contribution in [2.45, 2.75) is 26.9 Å². The molecule has 0 atom stereocenters. The van der Waals surface area contributed by atoms with Gasteiger partial charge in [0.1, 0.15) is 24.7 Å². The maximum absolute atomic E-state index is 14.1. The maximum atomic E-state index is 14.1. The molecule has 2 aromatic heterocycles. The zero-order valence-electron chi connectivity index (χ0n) is 21.5. The number of aryl methyl sites for hydroxylation is 2. The summed E-state index contributed by atoms with van der Waals surface area (Å²) in [5.41, 5.74) is 8.16. The van der Waals surface area contributed by atoms with Gasteiger partial charge in [-0.2, -0.15) is 0 Å². The van der Waals surface area contributed by atoms with Crippen LogP contribution >= 0.6 is 12.4 Å². The van der Waals surface area contributed by atoms with E-state index < -0.39 is 35.0 Å². The predicted molar refractivity (Wildman–Crippen MR) is 145 cm³/mol. The summed E-state index contributed by atoms with van der Waals surface area (Å²) in [4.78, 5) is 50.7. The topological polar surface area (TPSA) is 114 Å². The van der Waals surface area contributed by atoms with E-state index in [9.17, 15) is 28.0 Å². The molecular weight excluding hydrogens is 544 g/mol. The van der Waals surface area contributed by atoms with Gasteiger partial charge in [0.25, 0.3) is 11.8 Å². The van der Waals surface area contributed by atoms with Gasteiger partial charge in [-0.25, -0.2) is 8.78 Å². The number of benzene rings is 2. The summed E-state index contributed by atoms with van der Waals surface area (Å²) < 4.78 is 31.1. The summed E-state index contributed by atoms with van der Waals surface area (Å²) in [6.07, 6.45) is 0. The van der Waals surface area contributed by atoms with Crippen molar-refractivity contribution in [3.05, 3.63) is 118 Å².